The monoisotopic (exact) mass is 191 g/mol. The van der Waals surface area contributed by atoms with E-state index < -0.39 is 0 Å². The van der Waals surface area contributed by atoms with Crippen LogP contribution in [0.4, 0.5) is 11.5 Å². The summed E-state index contributed by atoms with van der Waals surface area (Å²) in [6.07, 6.45) is 3.08. The molecule has 1 aromatic heterocycles. The fourth-order valence-electron chi connectivity index (χ4n) is 1.90. The topological polar surface area (TPSA) is 28.2 Å². The van der Waals surface area contributed by atoms with Crippen LogP contribution < -0.4 is 10.2 Å². The Morgan fingerprint density at radius 2 is 2.43 bits per heavy atom. The van der Waals surface area contributed by atoms with Crippen LogP contribution in [0.1, 0.15) is 18.9 Å². The highest BCUT2D eigenvalue weighted by Gasteiger charge is 2.15. The highest BCUT2D eigenvalue weighted by Crippen LogP contribution is 2.28. The van der Waals surface area contributed by atoms with Gasteiger partial charge in [0.15, 0.2) is 5.82 Å². The quantitative estimate of drug-likeness (QED) is 0.736. The minimum atomic E-state index is 1.03. The molecule has 0 spiro atoms. The number of pyridine rings is 1. The molecule has 1 N–H and O–H groups in total. The minimum Gasteiger partial charge on any atom is -0.382 e. The smallest absolute Gasteiger partial charge is 0.152 e. The summed E-state index contributed by atoms with van der Waals surface area (Å²) >= 11 is 0. The van der Waals surface area contributed by atoms with Gasteiger partial charge in [-0.25, -0.2) is 4.98 Å². The summed E-state index contributed by atoms with van der Waals surface area (Å²) in [5.74, 6) is 1.12. The predicted octanol–water partition coefficient (Wildman–Crippen LogP) is 2.03. The van der Waals surface area contributed by atoms with Crippen LogP contribution in [-0.2, 0) is 0 Å². The number of aromatic nitrogens is 1. The summed E-state index contributed by atoms with van der Waals surface area (Å²) in [5, 5.41) is 3.45. The lowest BCUT2D eigenvalue weighted by atomic mass is 10.2. The third kappa shape index (κ3) is 1.54. The Balaban J connectivity index is 2.44. The third-order valence-corrected chi connectivity index (χ3v) is 2.73. The highest BCUT2D eigenvalue weighted by atomic mass is 15.2. The lowest BCUT2D eigenvalue weighted by molar-refractivity contribution is 0.777. The van der Waals surface area contributed by atoms with Gasteiger partial charge in [0, 0.05) is 25.8 Å². The summed E-state index contributed by atoms with van der Waals surface area (Å²) in [4.78, 5) is 6.79. The number of hydrogen-bond acceptors (Lipinski definition) is 3. The number of hydrogen-bond donors (Lipinski definition) is 1. The molecule has 2 rings (SSSR count). The number of rotatable bonds is 1. The summed E-state index contributed by atoms with van der Waals surface area (Å²) in [7, 11) is 0. The number of nitrogens with one attached hydrogen (secondary N) is 1. The van der Waals surface area contributed by atoms with E-state index in [1.165, 1.54) is 17.7 Å². The second kappa shape index (κ2) is 3.86. The van der Waals surface area contributed by atoms with E-state index in [0.29, 0.717) is 0 Å². The summed E-state index contributed by atoms with van der Waals surface area (Å²) in [6, 6.07) is 2.06. The van der Waals surface area contributed by atoms with Gasteiger partial charge in [-0.15, -0.1) is 0 Å². The lowest BCUT2D eigenvalue weighted by Crippen LogP contribution is -2.24. The number of anilines is 2. The maximum absolute atomic E-state index is 4.46. The van der Waals surface area contributed by atoms with Crippen molar-refractivity contribution >= 4 is 11.5 Å². The van der Waals surface area contributed by atoms with Crippen LogP contribution in [0.25, 0.3) is 0 Å². The van der Waals surface area contributed by atoms with Crippen molar-refractivity contribution in [1.82, 2.24) is 4.98 Å². The Morgan fingerprint density at radius 3 is 3.21 bits per heavy atom. The Labute approximate surface area is 85.1 Å². The molecule has 0 saturated heterocycles. The summed E-state index contributed by atoms with van der Waals surface area (Å²) < 4.78 is 0. The van der Waals surface area contributed by atoms with Crippen LogP contribution in [0, 0.1) is 6.92 Å². The molecular formula is C11H17N3. The van der Waals surface area contributed by atoms with Crippen molar-refractivity contribution in [2.24, 2.45) is 0 Å². The zero-order valence-electron chi connectivity index (χ0n) is 8.88. The molecule has 2 heterocycles. The molecule has 0 unspecified atom stereocenters. The van der Waals surface area contributed by atoms with Gasteiger partial charge in [-0.1, -0.05) is 0 Å². The summed E-state index contributed by atoms with van der Waals surface area (Å²) in [6.45, 7) is 7.50. The molecule has 0 fully saturated rings. The Kier molecular flexibility index (Phi) is 2.57. The Bertz CT molecular complexity index is 322. The van der Waals surface area contributed by atoms with Crippen molar-refractivity contribution in [3.63, 3.8) is 0 Å². The molecule has 0 radical (unpaired) electrons. The van der Waals surface area contributed by atoms with Crippen LogP contribution in [0.15, 0.2) is 12.3 Å². The van der Waals surface area contributed by atoms with E-state index in [4.69, 9.17) is 0 Å². The van der Waals surface area contributed by atoms with Gasteiger partial charge in [-0.05, 0) is 31.9 Å². The van der Waals surface area contributed by atoms with Crippen molar-refractivity contribution in [3.8, 4) is 0 Å². The van der Waals surface area contributed by atoms with E-state index in [1.54, 1.807) is 0 Å². The van der Waals surface area contributed by atoms with Crippen molar-refractivity contribution in [2.45, 2.75) is 20.3 Å². The molecule has 1 aromatic rings. The van der Waals surface area contributed by atoms with Gasteiger partial charge in [0.25, 0.3) is 0 Å². The molecule has 1 aliphatic rings. The molecule has 0 atom stereocenters. The molecule has 0 aliphatic carbocycles. The molecule has 0 bridgehead atoms. The van der Waals surface area contributed by atoms with Crippen molar-refractivity contribution in [2.75, 3.05) is 29.9 Å². The fraction of sp³-hybridized carbons (Fsp3) is 0.545. The van der Waals surface area contributed by atoms with Crippen molar-refractivity contribution < 1.29 is 0 Å². The number of nitrogens with zero attached hydrogens (tertiary/aromatic N) is 2. The van der Waals surface area contributed by atoms with E-state index >= 15 is 0 Å². The van der Waals surface area contributed by atoms with Gasteiger partial charge < -0.3 is 10.2 Å². The molecule has 0 saturated carbocycles. The third-order valence-electron chi connectivity index (χ3n) is 2.73. The Hall–Kier alpha value is -1.25. The average molecular weight is 191 g/mol. The van der Waals surface area contributed by atoms with Gasteiger partial charge in [-0.2, -0.15) is 0 Å². The first-order chi connectivity index (χ1) is 6.83. The lowest BCUT2D eigenvalue weighted by Gasteiger charge is -2.21. The number of fused-ring (bicyclic) bond motifs is 1. The van der Waals surface area contributed by atoms with E-state index in [0.717, 1.165) is 25.5 Å². The van der Waals surface area contributed by atoms with E-state index in [1.807, 2.05) is 6.20 Å². The van der Waals surface area contributed by atoms with Crippen LogP contribution in [-0.4, -0.2) is 24.6 Å². The molecule has 76 valence electrons. The molecule has 3 nitrogen and oxygen atoms in total. The molecule has 0 aromatic carbocycles. The zero-order valence-corrected chi connectivity index (χ0v) is 8.88. The van der Waals surface area contributed by atoms with Gasteiger partial charge in [0.05, 0.1) is 5.69 Å². The van der Waals surface area contributed by atoms with Gasteiger partial charge in [0.1, 0.15) is 0 Å². The second-order valence-corrected chi connectivity index (χ2v) is 3.69. The molecular weight excluding hydrogens is 174 g/mol. The largest absolute Gasteiger partial charge is 0.382 e. The maximum Gasteiger partial charge on any atom is 0.152 e. The normalized spacial score (nSPS) is 15.7. The van der Waals surface area contributed by atoms with E-state index in [2.05, 4.69) is 35.1 Å². The van der Waals surface area contributed by atoms with Crippen molar-refractivity contribution in [1.29, 1.82) is 0 Å². The Morgan fingerprint density at radius 1 is 1.57 bits per heavy atom. The predicted molar refractivity (Wildman–Crippen MR) is 60.0 cm³/mol. The molecule has 3 heteroatoms. The van der Waals surface area contributed by atoms with Crippen LogP contribution in [0.3, 0.4) is 0 Å². The fourth-order valence-corrected chi connectivity index (χ4v) is 1.90. The van der Waals surface area contributed by atoms with Crippen LogP contribution in [0.5, 0.6) is 0 Å². The van der Waals surface area contributed by atoms with E-state index in [-0.39, 0.29) is 0 Å². The first kappa shape index (κ1) is 9.31. The summed E-state index contributed by atoms with van der Waals surface area (Å²) in [5.41, 5.74) is 2.50. The first-order valence-electron chi connectivity index (χ1n) is 5.27. The first-order valence-corrected chi connectivity index (χ1v) is 5.27. The SMILES string of the molecule is CCN1CCCNc2c(C)ccnc21. The van der Waals surface area contributed by atoms with E-state index in [9.17, 15) is 0 Å². The average Bonchev–Trinajstić information content (AvgIpc) is 2.40. The molecule has 0 amide bonds. The van der Waals surface area contributed by atoms with Gasteiger partial charge in [0.2, 0.25) is 0 Å². The molecule has 1 aliphatic heterocycles. The highest BCUT2D eigenvalue weighted by molar-refractivity contribution is 5.70. The van der Waals surface area contributed by atoms with Crippen LogP contribution in [0.2, 0.25) is 0 Å². The van der Waals surface area contributed by atoms with Crippen LogP contribution >= 0.6 is 0 Å². The molecule has 14 heavy (non-hydrogen) atoms. The van der Waals surface area contributed by atoms with Gasteiger partial charge in [-0.3, -0.25) is 0 Å². The standard InChI is InChI=1S/C11H17N3/c1-3-14-8-4-6-12-10-9(2)5-7-13-11(10)14/h5,7,12H,3-4,6,8H2,1-2H3. The van der Waals surface area contributed by atoms with Gasteiger partial charge >= 0.3 is 0 Å². The second-order valence-electron chi connectivity index (χ2n) is 3.69. The zero-order chi connectivity index (χ0) is 9.97. The minimum absolute atomic E-state index is 1.03. The maximum atomic E-state index is 4.46. The van der Waals surface area contributed by atoms with Crippen molar-refractivity contribution in [3.05, 3.63) is 17.8 Å². The number of aryl methyl sites for hydroxylation is 1.